The first-order valence-corrected chi connectivity index (χ1v) is 8.21. The Labute approximate surface area is 141 Å². The maximum Gasteiger partial charge on any atom is 0.416 e. The van der Waals surface area contributed by atoms with Crippen LogP contribution < -0.4 is 15.2 Å². The fourth-order valence-electron chi connectivity index (χ4n) is 1.97. The largest absolute Gasteiger partial charge is 0.495 e. The molecule has 0 unspecified atom stereocenters. The maximum atomic E-state index is 12.6. The molecule has 0 bridgehead atoms. The van der Waals surface area contributed by atoms with E-state index in [4.69, 9.17) is 10.5 Å². The molecule has 1 amide bonds. The minimum atomic E-state index is -4.57. The Hall–Kier alpha value is -2.75. The van der Waals surface area contributed by atoms with E-state index in [1.165, 1.54) is 25.3 Å². The Balaban J connectivity index is 2.38. The van der Waals surface area contributed by atoms with E-state index in [1.54, 1.807) is 0 Å². The lowest BCUT2D eigenvalue weighted by Gasteiger charge is -2.13. The Morgan fingerprint density at radius 1 is 1.12 bits per heavy atom. The van der Waals surface area contributed by atoms with Crippen LogP contribution >= 0.6 is 0 Å². The zero-order valence-electron chi connectivity index (χ0n) is 12.8. The molecule has 0 saturated heterocycles. The second-order valence-corrected chi connectivity index (χ2v) is 6.59. The van der Waals surface area contributed by atoms with Gasteiger partial charge >= 0.3 is 6.18 Å². The standard InChI is InChI=1S/C15H13F3N2O4S/c1-24-13-7-2-9(14(19)21)8-12(13)20-25(22,23)11-5-3-10(4-6-11)15(16,17)18/h2-8,20H,1H3,(H2,19,21). The van der Waals surface area contributed by atoms with Crippen LogP contribution in [0.3, 0.4) is 0 Å². The third-order valence-electron chi connectivity index (χ3n) is 3.22. The summed E-state index contributed by atoms with van der Waals surface area (Å²) >= 11 is 0. The van der Waals surface area contributed by atoms with Gasteiger partial charge in [-0.1, -0.05) is 0 Å². The van der Waals surface area contributed by atoms with E-state index in [2.05, 4.69) is 4.72 Å². The summed E-state index contributed by atoms with van der Waals surface area (Å²) in [5.41, 5.74) is 4.13. The molecule has 0 aliphatic carbocycles. The Kier molecular flexibility index (Phi) is 4.93. The molecular formula is C15H13F3N2O4S. The van der Waals surface area contributed by atoms with E-state index in [9.17, 15) is 26.4 Å². The van der Waals surface area contributed by atoms with Gasteiger partial charge < -0.3 is 10.5 Å². The van der Waals surface area contributed by atoms with E-state index in [0.717, 1.165) is 12.1 Å². The molecule has 0 aromatic heterocycles. The number of benzene rings is 2. The van der Waals surface area contributed by atoms with Crippen molar-refractivity contribution in [3.8, 4) is 5.75 Å². The minimum absolute atomic E-state index is 0.0333. The summed E-state index contributed by atoms with van der Waals surface area (Å²) in [6, 6.07) is 6.83. The summed E-state index contributed by atoms with van der Waals surface area (Å²) in [5, 5.41) is 0. The van der Waals surface area contributed by atoms with Gasteiger partial charge in [0.2, 0.25) is 5.91 Å². The summed E-state index contributed by atoms with van der Waals surface area (Å²) in [6.07, 6.45) is -4.57. The van der Waals surface area contributed by atoms with E-state index >= 15 is 0 Å². The minimum Gasteiger partial charge on any atom is -0.495 e. The first kappa shape index (κ1) is 18.6. The number of ether oxygens (including phenoxy) is 1. The zero-order valence-corrected chi connectivity index (χ0v) is 13.6. The summed E-state index contributed by atoms with van der Waals surface area (Å²) in [6.45, 7) is 0. The second-order valence-electron chi connectivity index (χ2n) is 4.91. The number of hydrogen-bond acceptors (Lipinski definition) is 4. The van der Waals surface area contributed by atoms with Crippen LogP contribution in [0.15, 0.2) is 47.4 Å². The van der Waals surface area contributed by atoms with Crippen molar-refractivity contribution in [2.75, 3.05) is 11.8 Å². The van der Waals surface area contributed by atoms with Crippen molar-refractivity contribution in [1.82, 2.24) is 0 Å². The number of sulfonamides is 1. The molecule has 3 N–H and O–H groups in total. The quantitative estimate of drug-likeness (QED) is 0.840. The van der Waals surface area contributed by atoms with E-state index in [1.807, 2.05) is 0 Å². The summed E-state index contributed by atoms with van der Waals surface area (Å²) in [5.74, 6) is -0.668. The second kappa shape index (κ2) is 6.63. The van der Waals surface area contributed by atoms with E-state index in [-0.39, 0.29) is 21.9 Å². The predicted molar refractivity (Wildman–Crippen MR) is 83.8 cm³/mol. The molecule has 0 heterocycles. The van der Waals surface area contributed by atoms with Gasteiger partial charge in [0.1, 0.15) is 5.75 Å². The van der Waals surface area contributed by atoms with Crippen molar-refractivity contribution >= 4 is 21.6 Å². The molecule has 2 rings (SSSR count). The van der Waals surface area contributed by atoms with Crippen molar-refractivity contribution in [2.45, 2.75) is 11.1 Å². The fourth-order valence-corrected chi connectivity index (χ4v) is 3.03. The molecule has 0 fully saturated rings. The highest BCUT2D eigenvalue weighted by molar-refractivity contribution is 7.92. The van der Waals surface area contributed by atoms with Gasteiger partial charge in [-0.05, 0) is 42.5 Å². The number of alkyl halides is 3. The Morgan fingerprint density at radius 2 is 1.72 bits per heavy atom. The topological polar surface area (TPSA) is 98.5 Å². The number of primary amides is 1. The van der Waals surface area contributed by atoms with Gasteiger partial charge in [-0.3, -0.25) is 9.52 Å². The third kappa shape index (κ3) is 4.21. The Bertz CT molecular complexity index is 894. The van der Waals surface area contributed by atoms with Gasteiger partial charge in [-0.2, -0.15) is 13.2 Å². The Morgan fingerprint density at radius 3 is 2.20 bits per heavy atom. The van der Waals surface area contributed by atoms with Crippen LogP contribution in [0.2, 0.25) is 0 Å². The van der Waals surface area contributed by atoms with Gasteiger partial charge in [-0.25, -0.2) is 8.42 Å². The van der Waals surface area contributed by atoms with Gasteiger partial charge in [0.15, 0.2) is 0 Å². The average Bonchev–Trinajstić information content (AvgIpc) is 2.53. The molecular weight excluding hydrogens is 361 g/mol. The number of amides is 1. The number of nitrogens with one attached hydrogen (secondary N) is 1. The van der Waals surface area contributed by atoms with Crippen molar-refractivity contribution in [3.05, 3.63) is 53.6 Å². The predicted octanol–water partition coefficient (Wildman–Crippen LogP) is 2.61. The number of rotatable bonds is 5. The zero-order chi connectivity index (χ0) is 18.8. The molecule has 0 saturated carbocycles. The summed E-state index contributed by atoms with van der Waals surface area (Å²) < 4.78 is 69.5. The molecule has 0 aliphatic rings. The van der Waals surface area contributed by atoms with Gasteiger partial charge in [-0.15, -0.1) is 0 Å². The van der Waals surface area contributed by atoms with E-state index in [0.29, 0.717) is 12.1 Å². The smallest absolute Gasteiger partial charge is 0.416 e. The fraction of sp³-hybridized carbons (Fsp3) is 0.133. The average molecular weight is 374 g/mol. The van der Waals surface area contributed by atoms with Crippen molar-refractivity contribution < 1.29 is 31.1 Å². The molecule has 10 heteroatoms. The molecule has 0 atom stereocenters. The van der Waals surface area contributed by atoms with Crippen molar-refractivity contribution in [1.29, 1.82) is 0 Å². The van der Waals surface area contributed by atoms with Crippen LogP contribution in [-0.4, -0.2) is 21.4 Å². The molecule has 0 spiro atoms. The van der Waals surface area contributed by atoms with E-state index < -0.39 is 27.7 Å². The third-order valence-corrected chi connectivity index (χ3v) is 4.60. The molecule has 0 aliphatic heterocycles. The number of carbonyl (C=O) groups excluding carboxylic acids is 1. The number of carbonyl (C=O) groups is 1. The number of halogens is 3. The summed E-state index contributed by atoms with van der Waals surface area (Å²) in [4.78, 5) is 10.8. The highest BCUT2D eigenvalue weighted by Gasteiger charge is 2.30. The normalized spacial score (nSPS) is 11.8. The number of anilines is 1. The molecule has 6 nitrogen and oxygen atoms in total. The van der Waals surface area contributed by atoms with Gasteiger partial charge in [0, 0.05) is 5.56 Å². The highest BCUT2D eigenvalue weighted by Crippen LogP contribution is 2.31. The summed E-state index contributed by atoms with van der Waals surface area (Å²) in [7, 11) is -2.91. The van der Waals surface area contributed by atoms with Crippen LogP contribution in [0.25, 0.3) is 0 Å². The van der Waals surface area contributed by atoms with Gasteiger partial charge in [0.25, 0.3) is 10.0 Å². The molecule has 2 aromatic carbocycles. The number of hydrogen-bond donors (Lipinski definition) is 2. The number of methoxy groups -OCH3 is 1. The van der Waals surface area contributed by atoms with Gasteiger partial charge in [0.05, 0.1) is 23.3 Å². The molecule has 25 heavy (non-hydrogen) atoms. The van der Waals surface area contributed by atoms with Crippen molar-refractivity contribution in [3.63, 3.8) is 0 Å². The number of nitrogens with two attached hydrogens (primary N) is 1. The molecule has 0 radical (unpaired) electrons. The van der Waals surface area contributed by atoms with Crippen LogP contribution in [0.4, 0.5) is 18.9 Å². The van der Waals surface area contributed by atoms with Crippen LogP contribution in [0.5, 0.6) is 5.75 Å². The molecule has 2 aromatic rings. The highest BCUT2D eigenvalue weighted by atomic mass is 32.2. The maximum absolute atomic E-state index is 12.6. The molecule has 134 valence electrons. The van der Waals surface area contributed by atoms with Crippen molar-refractivity contribution in [2.24, 2.45) is 5.73 Å². The lowest BCUT2D eigenvalue weighted by atomic mass is 10.2. The first-order valence-electron chi connectivity index (χ1n) is 6.72. The first-order chi connectivity index (χ1) is 11.5. The SMILES string of the molecule is COc1ccc(C(N)=O)cc1NS(=O)(=O)c1ccc(C(F)(F)F)cc1. The lowest BCUT2D eigenvalue weighted by molar-refractivity contribution is -0.137. The lowest BCUT2D eigenvalue weighted by Crippen LogP contribution is -2.16. The monoisotopic (exact) mass is 374 g/mol. The van der Waals surface area contributed by atoms with Crippen LogP contribution in [0.1, 0.15) is 15.9 Å². The van der Waals surface area contributed by atoms with Crippen LogP contribution in [0, 0.1) is 0 Å². The van der Waals surface area contributed by atoms with Crippen LogP contribution in [-0.2, 0) is 16.2 Å².